The van der Waals surface area contributed by atoms with Gasteiger partial charge in [0, 0.05) is 6.20 Å². The predicted octanol–water partition coefficient (Wildman–Crippen LogP) is 2.41. The highest BCUT2D eigenvalue weighted by atomic mass is 35.5. The van der Waals surface area contributed by atoms with Gasteiger partial charge in [-0.1, -0.05) is 23.7 Å². The number of anilines is 1. The van der Waals surface area contributed by atoms with Gasteiger partial charge in [-0.05, 0) is 24.3 Å². The number of hydrogen-bond donors (Lipinski definition) is 0. The van der Waals surface area contributed by atoms with Crippen LogP contribution in [0, 0.1) is 0 Å². The Morgan fingerprint density at radius 1 is 1.11 bits per heavy atom. The van der Waals surface area contributed by atoms with Crippen molar-refractivity contribution in [1.82, 2.24) is 14.8 Å². The smallest absolute Gasteiger partial charge is 0.355 e. The summed E-state index contributed by atoms with van der Waals surface area (Å²) in [5.74, 6) is -1.39. The lowest BCUT2D eigenvalue weighted by atomic mass is 10.1. The number of hydrogen-bond acceptors (Lipinski definition) is 7. The van der Waals surface area contributed by atoms with Crippen molar-refractivity contribution in [2.24, 2.45) is 0 Å². The van der Waals surface area contributed by atoms with Crippen molar-refractivity contribution in [2.75, 3.05) is 19.1 Å². The summed E-state index contributed by atoms with van der Waals surface area (Å²) in [5, 5.41) is 4.50. The number of para-hydroxylation sites is 1. The minimum atomic E-state index is -0.712. The normalized spacial score (nSPS) is 13.5. The van der Waals surface area contributed by atoms with Crippen molar-refractivity contribution < 1.29 is 19.1 Å². The van der Waals surface area contributed by atoms with Gasteiger partial charge in [0.1, 0.15) is 24.0 Å². The Balaban J connectivity index is 2.28. The fourth-order valence-electron chi connectivity index (χ4n) is 2.60. The van der Waals surface area contributed by atoms with Gasteiger partial charge in [-0.3, -0.25) is 0 Å². The molecule has 1 aromatic carbocycles. The number of halogens is 1. The van der Waals surface area contributed by atoms with E-state index in [9.17, 15) is 9.59 Å². The maximum atomic E-state index is 12.6. The first-order valence-electron chi connectivity index (χ1n) is 7.77. The van der Waals surface area contributed by atoms with Crippen LogP contribution in [0.1, 0.15) is 0 Å². The number of benzene rings is 1. The molecule has 0 unspecified atom stereocenters. The monoisotopic (exact) mass is 386 g/mol. The summed E-state index contributed by atoms with van der Waals surface area (Å²) in [7, 11) is 2.47. The van der Waals surface area contributed by atoms with Crippen LogP contribution in [0.5, 0.6) is 0 Å². The van der Waals surface area contributed by atoms with Gasteiger partial charge in [0.25, 0.3) is 0 Å². The molecule has 1 aromatic heterocycles. The first-order chi connectivity index (χ1) is 13.1. The van der Waals surface area contributed by atoms with Crippen LogP contribution < -0.4 is 4.90 Å². The highest BCUT2D eigenvalue weighted by molar-refractivity contribution is 6.33. The number of allylic oxidation sites excluding steroid dienone is 2. The third kappa shape index (κ3) is 3.47. The number of aromatic nitrogens is 3. The van der Waals surface area contributed by atoms with Crippen molar-refractivity contribution in [3.8, 4) is 5.69 Å². The van der Waals surface area contributed by atoms with Gasteiger partial charge in [-0.15, -0.1) is 0 Å². The molecule has 0 spiro atoms. The number of methoxy groups -OCH3 is 2. The molecule has 0 aliphatic carbocycles. The molecule has 0 radical (unpaired) electrons. The van der Waals surface area contributed by atoms with E-state index in [1.807, 2.05) is 0 Å². The topological polar surface area (TPSA) is 86.6 Å². The molecular weight excluding hydrogens is 372 g/mol. The first-order valence-corrected chi connectivity index (χ1v) is 8.14. The molecule has 0 atom stereocenters. The Kier molecular flexibility index (Phi) is 5.37. The Bertz CT molecular complexity index is 964. The fraction of sp³-hybridized carbons (Fsp3) is 0.111. The van der Waals surface area contributed by atoms with Crippen LogP contribution in [0.15, 0.2) is 66.6 Å². The molecule has 9 heteroatoms. The summed E-state index contributed by atoms with van der Waals surface area (Å²) < 4.78 is 11.2. The molecule has 0 amide bonds. The molecule has 0 bridgehead atoms. The van der Waals surface area contributed by atoms with Crippen molar-refractivity contribution in [3.63, 3.8) is 0 Å². The van der Waals surface area contributed by atoms with E-state index in [1.165, 1.54) is 42.5 Å². The molecule has 27 heavy (non-hydrogen) atoms. The molecule has 0 fully saturated rings. The number of carbonyl (C=O) groups excluding carboxylic acids is 2. The summed E-state index contributed by atoms with van der Waals surface area (Å²) in [6.45, 7) is 0. The van der Waals surface area contributed by atoms with Gasteiger partial charge in [0.05, 0.1) is 30.5 Å². The summed E-state index contributed by atoms with van der Waals surface area (Å²) in [5.41, 5.74) is 1.00. The van der Waals surface area contributed by atoms with Gasteiger partial charge >= 0.3 is 11.9 Å². The largest absolute Gasteiger partial charge is 0.465 e. The van der Waals surface area contributed by atoms with Gasteiger partial charge in [0.2, 0.25) is 0 Å². The summed E-state index contributed by atoms with van der Waals surface area (Å²) >= 11 is 6.39. The summed E-state index contributed by atoms with van der Waals surface area (Å²) in [6, 6.07) is 5.14. The standard InChI is InChI=1S/C18H15ClN4O4/c1-26-17(24)12-6-3-4-9-22(15(12)18(25)27-2)14-8-5-7-13(19)16(14)23-11-20-10-21-23/h3-11H,1-2H3. The van der Waals surface area contributed by atoms with E-state index >= 15 is 0 Å². The number of nitrogens with zero attached hydrogens (tertiary/aromatic N) is 4. The van der Waals surface area contributed by atoms with Crippen molar-refractivity contribution in [3.05, 3.63) is 71.6 Å². The number of carbonyl (C=O) groups is 2. The minimum absolute atomic E-state index is 0.0158. The minimum Gasteiger partial charge on any atom is -0.465 e. The van der Waals surface area contributed by atoms with E-state index in [0.717, 1.165) is 0 Å². The van der Waals surface area contributed by atoms with Gasteiger partial charge in [-0.2, -0.15) is 5.10 Å². The third-order valence-corrected chi connectivity index (χ3v) is 4.07. The lowest BCUT2D eigenvalue weighted by Crippen LogP contribution is -2.27. The van der Waals surface area contributed by atoms with Crippen LogP contribution in [-0.4, -0.2) is 40.9 Å². The second-order valence-corrected chi connectivity index (χ2v) is 5.67. The quantitative estimate of drug-likeness (QED) is 0.745. The average Bonchev–Trinajstić information content (AvgIpc) is 3.12. The molecule has 0 saturated heterocycles. The second-order valence-electron chi connectivity index (χ2n) is 5.26. The van der Waals surface area contributed by atoms with Crippen molar-refractivity contribution in [2.45, 2.75) is 0 Å². The maximum Gasteiger partial charge on any atom is 0.355 e. The van der Waals surface area contributed by atoms with Crippen LogP contribution in [0.3, 0.4) is 0 Å². The first kappa shape index (κ1) is 18.4. The van der Waals surface area contributed by atoms with E-state index < -0.39 is 11.9 Å². The van der Waals surface area contributed by atoms with E-state index in [-0.39, 0.29) is 11.3 Å². The fourth-order valence-corrected chi connectivity index (χ4v) is 2.86. The molecule has 8 nitrogen and oxygen atoms in total. The zero-order valence-corrected chi connectivity index (χ0v) is 15.3. The molecule has 1 aliphatic rings. The number of ether oxygens (including phenoxy) is 2. The Morgan fingerprint density at radius 3 is 2.56 bits per heavy atom. The molecule has 0 saturated carbocycles. The summed E-state index contributed by atoms with van der Waals surface area (Å²) in [6.07, 6.45) is 9.23. The van der Waals surface area contributed by atoms with E-state index in [0.29, 0.717) is 16.4 Å². The van der Waals surface area contributed by atoms with Gasteiger partial charge < -0.3 is 14.4 Å². The zero-order chi connectivity index (χ0) is 19.4. The van der Waals surface area contributed by atoms with Gasteiger partial charge in [-0.25, -0.2) is 19.3 Å². The number of rotatable bonds is 4. The highest BCUT2D eigenvalue weighted by Gasteiger charge is 2.29. The highest BCUT2D eigenvalue weighted by Crippen LogP contribution is 2.35. The van der Waals surface area contributed by atoms with Crippen LogP contribution in [-0.2, 0) is 19.1 Å². The average molecular weight is 387 g/mol. The molecule has 3 rings (SSSR count). The summed E-state index contributed by atoms with van der Waals surface area (Å²) in [4.78, 5) is 30.3. The molecule has 2 heterocycles. The molecular formula is C18H15ClN4O4. The lowest BCUT2D eigenvalue weighted by molar-refractivity contribution is -0.139. The SMILES string of the molecule is COC(=O)C1=C(C(=O)OC)N(c2cccc(Cl)c2-n2cncn2)C=CC=C1. The lowest BCUT2D eigenvalue weighted by Gasteiger charge is -2.25. The molecule has 1 aliphatic heterocycles. The second kappa shape index (κ2) is 7.88. The Hall–Kier alpha value is -3.39. The van der Waals surface area contributed by atoms with E-state index in [2.05, 4.69) is 10.1 Å². The van der Waals surface area contributed by atoms with Crippen molar-refractivity contribution in [1.29, 1.82) is 0 Å². The third-order valence-electron chi connectivity index (χ3n) is 3.76. The molecule has 0 N–H and O–H groups in total. The molecule has 138 valence electrons. The van der Waals surface area contributed by atoms with Crippen LogP contribution in [0.4, 0.5) is 5.69 Å². The van der Waals surface area contributed by atoms with E-state index in [4.69, 9.17) is 21.1 Å². The van der Waals surface area contributed by atoms with Gasteiger partial charge in [0.15, 0.2) is 0 Å². The molecule has 2 aromatic rings. The zero-order valence-electron chi connectivity index (χ0n) is 14.5. The van der Waals surface area contributed by atoms with Crippen LogP contribution in [0.25, 0.3) is 5.69 Å². The Labute approximate surface area is 160 Å². The Morgan fingerprint density at radius 2 is 1.89 bits per heavy atom. The van der Waals surface area contributed by atoms with E-state index in [1.54, 1.807) is 36.6 Å². The maximum absolute atomic E-state index is 12.6. The van der Waals surface area contributed by atoms with Crippen LogP contribution in [0.2, 0.25) is 5.02 Å². The predicted molar refractivity (Wildman–Crippen MR) is 98.2 cm³/mol. The number of esters is 2. The van der Waals surface area contributed by atoms with Crippen LogP contribution >= 0.6 is 11.6 Å². The van der Waals surface area contributed by atoms with Crippen molar-refractivity contribution >= 4 is 29.2 Å².